The van der Waals surface area contributed by atoms with E-state index in [4.69, 9.17) is 0 Å². The highest BCUT2D eigenvalue weighted by Gasteiger charge is 2.41. The van der Waals surface area contributed by atoms with Crippen molar-refractivity contribution in [1.82, 2.24) is 15.1 Å². The SMILES string of the molecule is CC(C)NC1(C#N)CCC(N(C)CC2CCCN2C)C1. The second-order valence-electron chi connectivity index (χ2n) is 7.11. The highest BCUT2D eigenvalue weighted by atomic mass is 15.2. The fraction of sp³-hybridized carbons (Fsp3) is 0.938. The van der Waals surface area contributed by atoms with Crippen LogP contribution in [0.3, 0.4) is 0 Å². The molecule has 2 aliphatic rings. The molecule has 1 heterocycles. The molecule has 114 valence electrons. The molecule has 4 heteroatoms. The number of nitriles is 1. The fourth-order valence-corrected chi connectivity index (χ4v) is 3.90. The first kappa shape index (κ1) is 15.8. The summed E-state index contributed by atoms with van der Waals surface area (Å²) in [4.78, 5) is 4.98. The molecule has 20 heavy (non-hydrogen) atoms. The van der Waals surface area contributed by atoms with Crippen molar-refractivity contribution in [1.29, 1.82) is 5.26 Å². The molecule has 3 unspecified atom stereocenters. The highest BCUT2D eigenvalue weighted by molar-refractivity contribution is 5.13. The lowest BCUT2D eigenvalue weighted by Crippen LogP contribution is -2.47. The Labute approximate surface area is 124 Å². The summed E-state index contributed by atoms with van der Waals surface area (Å²) in [6.07, 6.45) is 5.74. The zero-order valence-corrected chi connectivity index (χ0v) is 13.5. The largest absolute Gasteiger partial charge is 0.302 e. The van der Waals surface area contributed by atoms with Gasteiger partial charge in [-0.3, -0.25) is 5.32 Å². The van der Waals surface area contributed by atoms with Gasteiger partial charge in [-0.25, -0.2) is 0 Å². The number of nitrogens with one attached hydrogen (secondary N) is 1. The Morgan fingerprint density at radius 2 is 2.20 bits per heavy atom. The zero-order chi connectivity index (χ0) is 14.8. The Morgan fingerprint density at radius 3 is 2.75 bits per heavy atom. The van der Waals surface area contributed by atoms with E-state index in [9.17, 15) is 5.26 Å². The normalized spacial score (nSPS) is 35.0. The Hall–Kier alpha value is -0.630. The molecule has 1 aliphatic carbocycles. The second kappa shape index (κ2) is 6.43. The molecule has 1 N–H and O–H groups in total. The molecular weight excluding hydrogens is 248 g/mol. The van der Waals surface area contributed by atoms with E-state index in [1.165, 1.54) is 19.4 Å². The van der Waals surface area contributed by atoms with Gasteiger partial charge in [0.15, 0.2) is 0 Å². The quantitative estimate of drug-likeness (QED) is 0.833. The molecule has 0 amide bonds. The molecule has 1 saturated carbocycles. The van der Waals surface area contributed by atoms with Crippen LogP contribution in [0.15, 0.2) is 0 Å². The van der Waals surface area contributed by atoms with Crippen molar-refractivity contribution in [2.45, 2.75) is 69.6 Å². The molecule has 0 bridgehead atoms. The summed E-state index contributed by atoms with van der Waals surface area (Å²) in [5.74, 6) is 0. The second-order valence-corrected chi connectivity index (χ2v) is 7.11. The van der Waals surface area contributed by atoms with E-state index in [-0.39, 0.29) is 5.54 Å². The van der Waals surface area contributed by atoms with Crippen LogP contribution in [0.5, 0.6) is 0 Å². The van der Waals surface area contributed by atoms with Gasteiger partial charge < -0.3 is 9.80 Å². The number of likely N-dealkylation sites (tertiary alicyclic amines) is 1. The average molecular weight is 278 g/mol. The number of hydrogen-bond donors (Lipinski definition) is 1. The van der Waals surface area contributed by atoms with Gasteiger partial charge in [-0.2, -0.15) is 5.26 Å². The van der Waals surface area contributed by atoms with Crippen molar-refractivity contribution in [2.75, 3.05) is 27.2 Å². The molecule has 2 rings (SSSR count). The van der Waals surface area contributed by atoms with Gasteiger partial charge in [0.25, 0.3) is 0 Å². The van der Waals surface area contributed by atoms with Gasteiger partial charge in [0.1, 0.15) is 5.54 Å². The maximum atomic E-state index is 9.55. The molecular formula is C16H30N4. The van der Waals surface area contributed by atoms with E-state index in [2.05, 4.69) is 49.1 Å². The molecule has 3 atom stereocenters. The van der Waals surface area contributed by atoms with Crippen LogP contribution < -0.4 is 5.32 Å². The Balaban J connectivity index is 1.89. The highest BCUT2D eigenvalue weighted by Crippen LogP contribution is 2.33. The lowest BCUT2D eigenvalue weighted by Gasteiger charge is -2.31. The first-order valence-corrected chi connectivity index (χ1v) is 8.05. The van der Waals surface area contributed by atoms with Crippen LogP contribution >= 0.6 is 0 Å². The minimum absolute atomic E-state index is 0.297. The minimum atomic E-state index is -0.297. The predicted octanol–water partition coefficient (Wildman–Crippen LogP) is 1.83. The summed E-state index contributed by atoms with van der Waals surface area (Å²) < 4.78 is 0. The molecule has 0 radical (unpaired) electrons. The van der Waals surface area contributed by atoms with E-state index in [1.807, 2.05) is 0 Å². The first-order chi connectivity index (χ1) is 9.46. The molecule has 1 saturated heterocycles. The smallest absolute Gasteiger partial charge is 0.108 e. The molecule has 1 aliphatic heterocycles. The van der Waals surface area contributed by atoms with E-state index < -0.39 is 0 Å². The molecule has 2 fully saturated rings. The average Bonchev–Trinajstić information content (AvgIpc) is 2.97. The van der Waals surface area contributed by atoms with Crippen molar-refractivity contribution in [2.24, 2.45) is 0 Å². The third-order valence-electron chi connectivity index (χ3n) is 5.06. The van der Waals surface area contributed by atoms with Gasteiger partial charge in [-0.1, -0.05) is 0 Å². The first-order valence-electron chi connectivity index (χ1n) is 8.05. The van der Waals surface area contributed by atoms with E-state index in [1.54, 1.807) is 0 Å². The van der Waals surface area contributed by atoms with Gasteiger partial charge in [-0.05, 0) is 66.6 Å². The van der Waals surface area contributed by atoms with E-state index in [0.29, 0.717) is 18.1 Å². The van der Waals surface area contributed by atoms with Crippen molar-refractivity contribution in [3.63, 3.8) is 0 Å². The molecule has 4 nitrogen and oxygen atoms in total. The number of hydrogen-bond acceptors (Lipinski definition) is 4. The van der Waals surface area contributed by atoms with Crippen molar-refractivity contribution in [3.8, 4) is 6.07 Å². The van der Waals surface area contributed by atoms with Crippen LogP contribution in [0, 0.1) is 11.3 Å². The van der Waals surface area contributed by atoms with Gasteiger partial charge in [0.2, 0.25) is 0 Å². The van der Waals surface area contributed by atoms with Crippen molar-refractivity contribution < 1.29 is 0 Å². The lowest BCUT2D eigenvalue weighted by molar-refractivity contribution is 0.173. The minimum Gasteiger partial charge on any atom is -0.302 e. The molecule has 0 aromatic rings. The molecule has 0 spiro atoms. The molecule has 0 aromatic heterocycles. The summed E-state index contributed by atoms with van der Waals surface area (Å²) in [6.45, 7) is 6.64. The van der Waals surface area contributed by atoms with Gasteiger partial charge in [-0.15, -0.1) is 0 Å². The van der Waals surface area contributed by atoms with Gasteiger partial charge in [0.05, 0.1) is 6.07 Å². The third kappa shape index (κ3) is 3.52. The van der Waals surface area contributed by atoms with E-state index in [0.717, 1.165) is 25.8 Å². The summed E-state index contributed by atoms with van der Waals surface area (Å²) in [5, 5.41) is 13.0. The fourth-order valence-electron chi connectivity index (χ4n) is 3.90. The number of likely N-dealkylation sites (N-methyl/N-ethyl adjacent to an activating group) is 2. The van der Waals surface area contributed by atoms with Crippen molar-refractivity contribution >= 4 is 0 Å². The van der Waals surface area contributed by atoms with Gasteiger partial charge in [0, 0.05) is 24.7 Å². The topological polar surface area (TPSA) is 42.3 Å². The van der Waals surface area contributed by atoms with Crippen molar-refractivity contribution in [3.05, 3.63) is 0 Å². The van der Waals surface area contributed by atoms with Crippen LogP contribution in [0.25, 0.3) is 0 Å². The lowest BCUT2D eigenvalue weighted by atomic mass is 9.98. The molecule has 0 aromatic carbocycles. The van der Waals surface area contributed by atoms with Crippen LogP contribution in [0.1, 0.15) is 46.0 Å². The predicted molar refractivity (Wildman–Crippen MR) is 82.5 cm³/mol. The van der Waals surface area contributed by atoms with Crippen LogP contribution in [-0.4, -0.2) is 60.6 Å². The van der Waals surface area contributed by atoms with Crippen LogP contribution in [-0.2, 0) is 0 Å². The number of nitrogens with zero attached hydrogens (tertiary/aromatic N) is 3. The van der Waals surface area contributed by atoms with Crippen LogP contribution in [0.4, 0.5) is 0 Å². The maximum absolute atomic E-state index is 9.55. The summed E-state index contributed by atoms with van der Waals surface area (Å²) >= 11 is 0. The zero-order valence-electron chi connectivity index (χ0n) is 13.5. The maximum Gasteiger partial charge on any atom is 0.108 e. The number of rotatable bonds is 5. The monoisotopic (exact) mass is 278 g/mol. The van der Waals surface area contributed by atoms with Crippen LogP contribution in [0.2, 0.25) is 0 Å². The standard InChI is InChI=1S/C16H30N4/c1-13(2)18-16(12-17)8-7-14(10-16)20(4)11-15-6-5-9-19(15)3/h13-15,18H,5-11H2,1-4H3. The summed E-state index contributed by atoms with van der Waals surface area (Å²) in [5.41, 5.74) is -0.297. The Kier molecular flexibility index (Phi) is 5.06. The summed E-state index contributed by atoms with van der Waals surface area (Å²) in [6, 6.07) is 4.18. The van der Waals surface area contributed by atoms with Gasteiger partial charge >= 0.3 is 0 Å². The van der Waals surface area contributed by atoms with E-state index >= 15 is 0 Å². The summed E-state index contributed by atoms with van der Waals surface area (Å²) in [7, 11) is 4.47. The Morgan fingerprint density at radius 1 is 1.45 bits per heavy atom. The third-order valence-corrected chi connectivity index (χ3v) is 5.06. The Bertz CT molecular complexity index is 362.